The van der Waals surface area contributed by atoms with E-state index in [0.29, 0.717) is 13.0 Å². The van der Waals surface area contributed by atoms with Crippen LogP contribution in [0.4, 0.5) is 0 Å². The zero-order valence-electron chi connectivity index (χ0n) is 17.2. The third-order valence-electron chi connectivity index (χ3n) is 4.99. The molecule has 28 heavy (non-hydrogen) atoms. The molecule has 1 amide bonds. The van der Waals surface area contributed by atoms with Gasteiger partial charge in [-0.2, -0.15) is 0 Å². The lowest BCUT2D eigenvalue weighted by Crippen LogP contribution is -2.37. The minimum absolute atomic E-state index is 0.0877. The van der Waals surface area contributed by atoms with Crippen LogP contribution in [0.5, 0.6) is 5.75 Å². The minimum Gasteiger partial charge on any atom is -0.481 e. The first-order valence-corrected chi connectivity index (χ1v) is 9.90. The molecule has 0 aromatic heterocycles. The van der Waals surface area contributed by atoms with Crippen LogP contribution in [-0.4, -0.2) is 12.0 Å². The molecule has 0 aliphatic heterocycles. The Morgan fingerprint density at radius 3 is 2.32 bits per heavy atom. The molecule has 1 N–H and O–H groups in total. The molecule has 3 aromatic rings. The van der Waals surface area contributed by atoms with E-state index in [1.165, 1.54) is 10.9 Å². The van der Waals surface area contributed by atoms with E-state index in [1.807, 2.05) is 37.3 Å². The first-order chi connectivity index (χ1) is 13.4. The number of hydrogen-bond donors (Lipinski definition) is 1. The Bertz CT molecular complexity index is 933. The first kappa shape index (κ1) is 19.9. The highest BCUT2D eigenvalue weighted by molar-refractivity contribution is 5.86. The van der Waals surface area contributed by atoms with Crippen LogP contribution in [0.15, 0.2) is 66.7 Å². The molecule has 1 atom stereocenters. The summed E-state index contributed by atoms with van der Waals surface area (Å²) >= 11 is 0. The van der Waals surface area contributed by atoms with Crippen LogP contribution in [0.2, 0.25) is 0 Å². The van der Waals surface area contributed by atoms with Gasteiger partial charge in [-0.3, -0.25) is 4.79 Å². The number of ether oxygens (including phenoxy) is 1. The molecular formula is C25H29NO2. The summed E-state index contributed by atoms with van der Waals surface area (Å²) in [7, 11) is 0. The normalized spacial score (nSPS) is 12.6. The second-order valence-electron chi connectivity index (χ2n) is 8.15. The molecule has 0 saturated heterocycles. The Balaban J connectivity index is 1.65. The molecule has 0 bridgehead atoms. The Morgan fingerprint density at radius 2 is 1.64 bits per heavy atom. The summed E-state index contributed by atoms with van der Waals surface area (Å²) in [5.74, 6) is 0.635. The van der Waals surface area contributed by atoms with Crippen LogP contribution in [0, 0.1) is 0 Å². The highest BCUT2D eigenvalue weighted by Gasteiger charge is 2.19. The van der Waals surface area contributed by atoms with Crippen molar-refractivity contribution in [3.8, 4) is 5.75 Å². The zero-order valence-corrected chi connectivity index (χ0v) is 17.2. The van der Waals surface area contributed by atoms with Crippen LogP contribution in [0.25, 0.3) is 10.8 Å². The quantitative estimate of drug-likeness (QED) is 0.608. The van der Waals surface area contributed by atoms with Crippen molar-refractivity contribution in [3.63, 3.8) is 0 Å². The summed E-state index contributed by atoms with van der Waals surface area (Å²) in [6.45, 7) is 8.99. The van der Waals surface area contributed by atoms with Gasteiger partial charge in [0.1, 0.15) is 5.75 Å². The first-order valence-electron chi connectivity index (χ1n) is 9.90. The van der Waals surface area contributed by atoms with E-state index in [9.17, 15) is 4.79 Å². The van der Waals surface area contributed by atoms with Gasteiger partial charge in [-0.15, -0.1) is 0 Å². The average molecular weight is 376 g/mol. The Kier molecular flexibility index (Phi) is 6.03. The molecule has 3 rings (SSSR count). The number of carbonyl (C=O) groups is 1. The van der Waals surface area contributed by atoms with E-state index in [1.54, 1.807) is 0 Å². The molecule has 146 valence electrons. The van der Waals surface area contributed by atoms with Crippen molar-refractivity contribution in [1.82, 2.24) is 5.32 Å². The third kappa shape index (κ3) is 4.72. The van der Waals surface area contributed by atoms with Gasteiger partial charge < -0.3 is 10.1 Å². The van der Waals surface area contributed by atoms with Crippen LogP contribution in [0.3, 0.4) is 0 Å². The van der Waals surface area contributed by atoms with Crippen molar-refractivity contribution in [2.45, 2.75) is 52.2 Å². The maximum absolute atomic E-state index is 12.7. The number of hydrogen-bond acceptors (Lipinski definition) is 2. The van der Waals surface area contributed by atoms with Crippen molar-refractivity contribution >= 4 is 16.7 Å². The smallest absolute Gasteiger partial charge is 0.261 e. The second kappa shape index (κ2) is 8.47. The minimum atomic E-state index is -0.504. The van der Waals surface area contributed by atoms with Crippen molar-refractivity contribution < 1.29 is 9.53 Å². The van der Waals surface area contributed by atoms with Crippen molar-refractivity contribution in [3.05, 3.63) is 77.9 Å². The second-order valence-corrected chi connectivity index (χ2v) is 8.15. The van der Waals surface area contributed by atoms with Crippen LogP contribution >= 0.6 is 0 Å². The molecule has 0 aliphatic carbocycles. The highest BCUT2D eigenvalue weighted by atomic mass is 16.5. The lowest BCUT2D eigenvalue weighted by molar-refractivity contribution is -0.128. The van der Waals surface area contributed by atoms with Gasteiger partial charge in [0, 0.05) is 6.54 Å². The number of amides is 1. The Labute approximate surface area is 167 Å². The van der Waals surface area contributed by atoms with E-state index >= 15 is 0 Å². The molecule has 3 aromatic carbocycles. The molecular weight excluding hydrogens is 346 g/mol. The molecule has 0 aliphatic rings. The summed E-state index contributed by atoms with van der Waals surface area (Å²) in [6, 6.07) is 22.4. The molecule has 1 unspecified atom stereocenters. The number of carbonyl (C=O) groups excluding carboxylic acids is 1. The van der Waals surface area contributed by atoms with Crippen molar-refractivity contribution in [1.29, 1.82) is 0 Å². The summed E-state index contributed by atoms with van der Waals surface area (Å²) in [6.07, 6.45) is 0.109. The van der Waals surface area contributed by atoms with Gasteiger partial charge in [0.15, 0.2) is 6.10 Å². The predicted molar refractivity (Wildman–Crippen MR) is 116 cm³/mol. The highest BCUT2D eigenvalue weighted by Crippen LogP contribution is 2.25. The Hall–Kier alpha value is -2.81. The van der Waals surface area contributed by atoms with Crippen LogP contribution in [-0.2, 0) is 16.8 Å². The van der Waals surface area contributed by atoms with Gasteiger partial charge in [0.25, 0.3) is 5.91 Å². The summed E-state index contributed by atoms with van der Waals surface area (Å²) in [5.41, 5.74) is 2.45. The van der Waals surface area contributed by atoms with Gasteiger partial charge in [0.2, 0.25) is 0 Å². The van der Waals surface area contributed by atoms with Crippen LogP contribution in [0.1, 0.15) is 45.2 Å². The van der Waals surface area contributed by atoms with Gasteiger partial charge in [-0.25, -0.2) is 0 Å². The van der Waals surface area contributed by atoms with Crippen LogP contribution < -0.4 is 10.1 Å². The number of rotatable bonds is 6. The molecule has 3 heteroatoms. The van der Waals surface area contributed by atoms with E-state index in [4.69, 9.17) is 4.74 Å². The van der Waals surface area contributed by atoms with E-state index in [0.717, 1.165) is 16.7 Å². The van der Waals surface area contributed by atoms with Gasteiger partial charge >= 0.3 is 0 Å². The lowest BCUT2D eigenvalue weighted by Gasteiger charge is -2.21. The van der Waals surface area contributed by atoms with E-state index in [-0.39, 0.29) is 11.3 Å². The number of benzene rings is 3. The lowest BCUT2D eigenvalue weighted by atomic mass is 9.87. The zero-order chi connectivity index (χ0) is 20.1. The Morgan fingerprint density at radius 1 is 0.964 bits per heavy atom. The van der Waals surface area contributed by atoms with Gasteiger partial charge in [-0.1, -0.05) is 82.3 Å². The molecule has 0 radical (unpaired) electrons. The van der Waals surface area contributed by atoms with Crippen molar-refractivity contribution in [2.24, 2.45) is 0 Å². The fourth-order valence-corrected chi connectivity index (χ4v) is 3.26. The molecule has 0 spiro atoms. The summed E-state index contributed by atoms with van der Waals surface area (Å²) < 4.78 is 5.96. The SMILES string of the molecule is CCC(Oc1ccc(C(C)(C)C)cc1)C(=O)NCc1cccc2ccccc12. The molecule has 0 fully saturated rings. The van der Waals surface area contributed by atoms with E-state index < -0.39 is 6.10 Å². The number of nitrogens with one attached hydrogen (secondary N) is 1. The molecule has 3 nitrogen and oxygen atoms in total. The average Bonchev–Trinajstić information content (AvgIpc) is 2.70. The summed E-state index contributed by atoms with van der Waals surface area (Å²) in [5, 5.41) is 5.38. The van der Waals surface area contributed by atoms with Gasteiger partial charge in [0.05, 0.1) is 0 Å². The fraction of sp³-hybridized carbons (Fsp3) is 0.320. The molecule has 0 heterocycles. The monoisotopic (exact) mass is 375 g/mol. The maximum atomic E-state index is 12.7. The molecule has 0 saturated carbocycles. The largest absolute Gasteiger partial charge is 0.481 e. The topological polar surface area (TPSA) is 38.3 Å². The summed E-state index contributed by atoms with van der Waals surface area (Å²) in [4.78, 5) is 12.7. The number of fused-ring (bicyclic) bond motifs is 1. The van der Waals surface area contributed by atoms with Crippen molar-refractivity contribution in [2.75, 3.05) is 0 Å². The fourth-order valence-electron chi connectivity index (χ4n) is 3.26. The van der Waals surface area contributed by atoms with E-state index in [2.05, 4.69) is 62.5 Å². The van der Waals surface area contributed by atoms with Gasteiger partial charge in [-0.05, 0) is 45.9 Å². The predicted octanol–water partition coefficient (Wildman–Crippen LogP) is 5.61. The standard InChI is InChI=1S/C25H29NO2/c1-5-23(28-21-15-13-20(14-16-21)25(2,3)4)24(27)26-17-19-11-8-10-18-9-6-7-12-22(18)19/h6-16,23H,5,17H2,1-4H3,(H,26,27). The third-order valence-corrected chi connectivity index (χ3v) is 4.99. The maximum Gasteiger partial charge on any atom is 0.261 e.